The van der Waals surface area contributed by atoms with E-state index in [1.54, 1.807) is 136 Å². The number of halogens is 11. The highest BCUT2D eigenvalue weighted by atomic mass is 79.9. The predicted molar refractivity (Wildman–Crippen MR) is 519 cm³/mol. The topological polar surface area (TPSA) is 260 Å². The van der Waals surface area contributed by atoms with Gasteiger partial charge in [0.1, 0.15) is 36.3 Å². The van der Waals surface area contributed by atoms with Crippen molar-refractivity contribution >= 4 is 193 Å². The molecule has 1 saturated heterocycles. The SMILES string of the molecule is CC(C)COc1c(CN(C(=O)OC(C)(C)C)C(=O)OC(C)(C)C)c(-c2ccc(Cl)cc2Cl)cn2c(Br)cnc12.CC(C)COc1c(CN)c(-c2ccc(Cl)cc2Cl)cn2c(C(=O)N3CCOCC3)cnc12.CC(C)COc1c(CNC(=O)OC(C)(C)C)c(-c2ccc(Cl)cc2Cl)cn2c(Br)cnc12.[C-]#[N+]c1c(-c2ccc(Cl)cc2Cl)cn2c(Br)cnc2c1OCC(C)C. The number of aromatic nitrogens is 8. The molecule has 4 aromatic carbocycles. The van der Waals surface area contributed by atoms with Crippen LogP contribution in [0.4, 0.5) is 20.1 Å². The van der Waals surface area contributed by atoms with E-state index in [4.69, 9.17) is 143 Å². The third kappa shape index (κ3) is 26.0. The maximum atomic E-state index is 13.4. The van der Waals surface area contributed by atoms with Crippen molar-refractivity contribution in [1.82, 2.24) is 52.7 Å². The summed E-state index contributed by atoms with van der Waals surface area (Å²) in [5.41, 5.74) is 14.7. The Bertz CT molecular complexity index is 6080. The van der Waals surface area contributed by atoms with Crippen LogP contribution in [-0.4, -0.2) is 141 Å². The van der Waals surface area contributed by atoms with E-state index < -0.39 is 35.1 Å². The van der Waals surface area contributed by atoms with Crippen molar-refractivity contribution < 1.29 is 57.1 Å². The van der Waals surface area contributed by atoms with Crippen LogP contribution in [0.25, 0.3) is 71.9 Å². The number of nitrogens with one attached hydrogen (secondary N) is 1. The second-order valence-electron chi connectivity index (χ2n) is 34.4. The summed E-state index contributed by atoms with van der Waals surface area (Å²) in [5, 5.41) is 6.75. The largest absolute Gasteiger partial charge is 0.501 e. The number of carbonyl (C=O) groups excluding carboxylic acids is 4. The molecule has 13 rings (SSSR count). The van der Waals surface area contributed by atoms with E-state index in [9.17, 15) is 19.2 Å². The number of pyridine rings is 4. The fourth-order valence-electron chi connectivity index (χ4n) is 12.9. The maximum absolute atomic E-state index is 13.4. The molecule has 0 atom stereocenters. The lowest BCUT2D eigenvalue weighted by atomic mass is 10.00. The van der Waals surface area contributed by atoms with E-state index in [-0.39, 0.29) is 31.5 Å². The Labute approximate surface area is 809 Å². The van der Waals surface area contributed by atoms with Gasteiger partial charge in [-0.05, 0) is 188 Å². The first kappa shape index (κ1) is 102. The second-order valence-corrected chi connectivity index (χ2v) is 40.2. The first-order chi connectivity index (χ1) is 60.2. The number of amides is 4. The first-order valence-corrected chi connectivity index (χ1v) is 46.2. The lowest BCUT2D eigenvalue weighted by Crippen LogP contribution is -2.43. The molecule has 0 bridgehead atoms. The molecule has 36 heteroatoms. The van der Waals surface area contributed by atoms with Gasteiger partial charge in [-0.15, -0.1) is 0 Å². The minimum Gasteiger partial charge on any atom is -0.501 e. The molecular formula is C92H100Br3Cl8N13O12. The summed E-state index contributed by atoms with van der Waals surface area (Å²) in [6, 6.07) is 20.9. The van der Waals surface area contributed by atoms with Gasteiger partial charge >= 0.3 is 18.3 Å². The monoisotopic (exact) mass is 2100 g/mol. The Hall–Kier alpha value is -8.51. The highest BCUT2D eigenvalue weighted by molar-refractivity contribution is 9.11. The molecule has 4 amide bonds. The van der Waals surface area contributed by atoms with Gasteiger partial charge in [0.15, 0.2) is 45.6 Å². The van der Waals surface area contributed by atoms with Gasteiger partial charge < -0.3 is 53.8 Å². The number of alkyl carbamates (subject to hydrolysis) is 1. The normalized spacial score (nSPS) is 12.4. The van der Waals surface area contributed by atoms with Crippen molar-refractivity contribution in [3.05, 3.63) is 210 Å². The zero-order chi connectivity index (χ0) is 93.9. The van der Waals surface area contributed by atoms with E-state index >= 15 is 0 Å². The first-order valence-electron chi connectivity index (χ1n) is 40.8. The van der Waals surface area contributed by atoms with Gasteiger partial charge in [-0.2, -0.15) is 0 Å². The molecule has 1 aliphatic rings. The van der Waals surface area contributed by atoms with Crippen LogP contribution in [0, 0.1) is 30.2 Å². The standard InChI is InChI=1S/C28H34BrCl2N3O5.C23H26BrCl2N3O3.C23H26Cl2N4O3.C18H14BrCl2N3O/c1-16(2)15-37-23-20(14-34(25(35)38-27(3,4)5)26(36)39-28(6,7)8)19(13-33-22(29)12-32-24(23)33)18-10-9-17(30)11-21(18)31;1-13(2)12-31-20-16(9-28-22(30)32-23(3,4)5)17(11-29-19(24)10-27-21(20)29)15-7-6-14(25)8-18(15)26;1-14(2)13-32-21-17(10-26)18(16-4-3-15(24)9-19(16)25)12-29-20(11-27-22(21)29)23(30)28-5-7-31-8-6-28;1-10(2)9-25-17-16(22-3)13(8-24-15(19)7-23-18(17)24)12-5-4-11(20)6-14(12)21/h9-13,16H,14-15H2,1-8H3;6-8,10-11,13H,9,12H2,1-5H3,(H,28,30);3-4,9,11-12,14H,5-8,10,13,26H2,1-2H3;4-8,10H,9H2,1-2H3. The summed E-state index contributed by atoms with van der Waals surface area (Å²) >= 11 is 61.1. The number of nitrogens with zero attached hydrogens (tertiary/aromatic N) is 11. The Balaban J connectivity index is 0.000000180. The third-order valence-electron chi connectivity index (χ3n) is 18.5. The number of hydrogen-bond acceptors (Lipinski definition) is 17. The average molecular weight is 2100 g/mol. The van der Waals surface area contributed by atoms with Crippen molar-refractivity contribution in [2.75, 3.05) is 52.7 Å². The molecule has 128 heavy (non-hydrogen) atoms. The quantitative estimate of drug-likeness (QED) is 0.0472. The summed E-state index contributed by atoms with van der Waals surface area (Å²) in [4.78, 5) is 76.8. The molecule has 3 N–H and O–H groups in total. The lowest BCUT2D eigenvalue weighted by Gasteiger charge is -2.30. The summed E-state index contributed by atoms with van der Waals surface area (Å²) in [6.07, 6.45) is 11.8. The number of hydrogen-bond donors (Lipinski definition) is 2. The van der Waals surface area contributed by atoms with Gasteiger partial charge in [0, 0.05) is 140 Å². The number of fused-ring (bicyclic) bond motifs is 4. The fraction of sp³-hybridized carbons (Fsp3) is 0.380. The summed E-state index contributed by atoms with van der Waals surface area (Å²) in [7, 11) is 0. The zero-order valence-electron chi connectivity index (χ0n) is 73.7. The smallest absolute Gasteiger partial charge is 0.420 e. The molecule has 0 unspecified atom stereocenters. The minimum atomic E-state index is -0.857. The molecule has 1 aliphatic heterocycles. The summed E-state index contributed by atoms with van der Waals surface area (Å²) in [6.45, 7) is 44.0. The van der Waals surface area contributed by atoms with E-state index in [2.05, 4.69) is 119 Å². The molecule has 9 heterocycles. The summed E-state index contributed by atoms with van der Waals surface area (Å²) in [5.74, 6) is 2.98. The maximum Gasteiger partial charge on any atom is 0.420 e. The number of ether oxygens (including phenoxy) is 8. The summed E-state index contributed by atoms with van der Waals surface area (Å²) < 4.78 is 56.2. The van der Waals surface area contributed by atoms with Crippen LogP contribution in [0.5, 0.6) is 23.0 Å². The lowest BCUT2D eigenvalue weighted by molar-refractivity contribution is -0.000438. The van der Waals surface area contributed by atoms with Crippen molar-refractivity contribution in [1.29, 1.82) is 0 Å². The molecular weight excluding hydrogens is 2000 g/mol. The number of morpholine rings is 1. The van der Waals surface area contributed by atoms with E-state index in [1.807, 2.05) is 84.7 Å². The molecule has 0 radical (unpaired) electrons. The predicted octanol–water partition coefficient (Wildman–Crippen LogP) is 26.8. The minimum absolute atomic E-state index is 0.107. The Morgan fingerprint density at radius 2 is 0.797 bits per heavy atom. The van der Waals surface area contributed by atoms with Crippen molar-refractivity contribution in [3.63, 3.8) is 0 Å². The number of benzene rings is 4. The number of carbonyl (C=O) groups is 4. The van der Waals surface area contributed by atoms with Crippen LogP contribution in [0.1, 0.15) is 145 Å². The van der Waals surface area contributed by atoms with E-state index in [0.717, 1.165) is 47.5 Å². The molecule has 12 aromatic rings. The molecule has 1 fully saturated rings. The average Bonchev–Trinajstić information content (AvgIpc) is 1.56. The van der Waals surface area contributed by atoms with Crippen LogP contribution in [0.2, 0.25) is 40.2 Å². The molecule has 25 nitrogen and oxygen atoms in total. The number of nitrogens with two attached hydrogens (primary N) is 1. The number of rotatable bonds is 22. The highest BCUT2D eigenvalue weighted by Gasteiger charge is 2.36. The van der Waals surface area contributed by atoms with Gasteiger partial charge in [-0.1, -0.05) is 172 Å². The van der Waals surface area contributed by atoms with Gasteiger partial charge in [0.2, 0.25) is 5.69 Å². The molecule has 0 aliphatic carbocycles. The van der Waals surface area contributed by atoms with Gasteiger partial charge in [-0.25, -0.2) is 44.1 Å². The van der Waals surface area contributed by atoms with Crippen LogP contribution in [0.3, 0.4) is 0 Å². The molecule has 8 aromatic heterocycles. The highest BCUT2D eigenvalue weighted by Crippen LogP contribution is 2.47. The van der Waals surface area contributed by atoms with Crippen molar-refractivity contribution in [2.24, 2.45) is 29.4 Å². The Morgan fingerprint density at radius 1 is 0.469 bits per heavy atom. The van der Waals surface area contributed by atoms with Gasteiger partial charge in [-0.3, -0.25) is 22.4 Å². The van der Waals surface area contributed by atoms with Crippen LogP contribution < -0.4 is 30.0 Å². The fourth-order valence-corrected chi connectivity index (χ4v) is 16.0. The Morgan fingerprint density at radius 3 is 1.17 bits per heavy atom. The zero-order valence-corrected chi connectivity index (χ0v) is 84.5. The van der Waals surface area contributed by atoms with Crippen LogP contribution >= 0.6 is 141 Å². The van der Waals surface area contributed by atoms with E-state index in [0.29, 0.717) is 200 Å². The third-order valence-corrected chi connectivity index (χ3v) is 22.4. The molecule has 682 valence electrons. The van der Waals surface area contributed by atoms with Crippen LogP contribution in [-0.2, 0) is 38.6 Å². The number of imide groups is 1. The molecule has 0 saturated carbocycles. The van der Waals surface area contributed by atoms with Crippen molar-refractivity contribution in [3.8, 4) is 67.5 Å². The van der Waals surface area contributed by atoms with Gasteiger partial charge in [0.25, 0.3) is 5.91 Å². The second kappa shape index (κ2) is 44.1. The van der Waals surface area contributed by atoms with Gasteiger partial charge in [0.05, 0.1) is 84.1 Å². The van der Waals surface area contributed by atoms with Crippen LogP contribution in [0.15, 0.2) is 136 Å². The van der Waals surface area contributed by atoms with Crippen molar-refractivity contribution in [2.45, 2.75) is 154 Å². The molecule has 0 spiro atoms. The van der Waals surface area contributed by atoms with E-state index in [1.165, 1.54) is 0 Å². The number of imidazole rings is 4. The Kier molecular flexibility index (Phi) is 35.0.